The van der Waals surface area contributed by atoms with E-state index in [-0.39, 0.29) is 0 Å². The molecule has 3 rings (SSSR count). The number of rotatable bonds is 7. The van der Waals surface area contributed by atoms with Crippen molar-refractivity contribution in [2.75, 3.05) is 33.8 Å². The van der Waals surface area contributed by atoms with Gasteiger partial charge in [0.05, 0.1) is 6.54 Å². The van der Waals surface area contributed by atoms with Gasteiger partial charge in [-0.1, -0.05) is 13.8 Å². The summed E-state index contributed by atoms with van der Waals surface area (Å²) in [5.74, 6) is 3.42. The summed E-state index contributed by atoms with van der Waals surface area (Å²) in [5.41, 5.74) is 0. The molecule has 0 spiro atoms. The third-order valence-electron chi connectivity index (χ3n) is 5.34. The molecule has 152 valence electrons. The zero-order chi connectivity index (χ0) is 19.2. The summed E-state index contributed by atoms with van der Waals surface area (Å²) in [5, 5.41) is 11.7. The third-order valence-corrected chi connectivity index (χ3v) is 5.34. The van der Waals surface area contributed by atoms with E-state index in [1.54, 1.807) is 7.11 Å². The monoisotopic (exact) mass is 377 g/mol. The molecular weight excluding hydrogens is 342 g/mol. The van der Waals surface area contributed by atoms with Gasteiger partial charge in [0.15, 0.2) is 11.8 Å². The van der Waals surface area contributed by atoms with Crippen LogP contribution in [0, 0.1) is 5.92 Å². The number of aliphatic imine (C=N–C) groups is 1. The Hall–Kier alpha value is -1.67. The van der Waals surface area contributed by atoms with Gasteiger partial charge in [-0.05, 0) is 31.7 Å². The second-order valence-corrected chi connectivity index (χ2v) is 8.08. The van der Waals surface area contributed by atoms with Crippen LogP contribution in [0.15, 0.2) is 4.99 Å². The fraction of sp³-hybridized carbons (Fsp3) is 0.842. The van der Waals surface area contributed by atoms with Crippen LogP contribution in [0.3, 0.4) is 0 Å². The molecule has 2 aliphatic rings. The number of hydrogen-bond acceptors (Lipinski definition) is 5. The molecule has 27 heavy (non-hydrogen) atoms. The molecule has 0 aromatic carbocycles. The summed E-state index contributed by atoms with van der Waals surface area (Å²) in [7, 11) is 3.52. The van der Waals surface area contributed by atoms with Crippen molar-refractivity contribution in [3.8, 4) is 0 Å². The lowest BCUT2D eigenvalue weighted by Gasteiger charge is -2.29. The van der Waals surface area contributed by atoms with Crippen LogP contribution in [0.25, 0.3) is 0 Å². The molecule has 1 fully saturated rings. The van der Waals surface area contributed by atoms with Gasteiger partial charge in [0.1, 0.15) is 12.4 Å². The number of fused-ring (bicyclic) bond motifs is 1. The van der Waals surface area contributed by atoms with Gasteiger partial charge in [-0.15, -0.1) is 0 Å². The Morgan fingerprint density at radius 1 is 1.37 bits per heavy atom. The quantitative estimate of drug-likeness (QED) is 0.546. The molecule has 1 saturated heterocycles. The van der Waals surface area contributed by atoms with Gasteiger partial charge < -0.3 is 15.4 Å². The smallest absolute Gasteiger partial charge is 0.191 e. The molecule has 1 unspecified atom stereocenters. The molecule has 2 N–H and O–H groups in total. The number of nitrogens with zero attached hydrogens (tertiary/aromatic N) is 5. The number of guanidine groups is 1. The highest BCUT2D eigenvalue weighted by molar-refractivity contribution is 5.80. The van der Waals surface area contributed by atoms with E-state index in [1.807, 2.05) is 11.7 Å². The highest BCUT2D eigenvalue weighted by Crippen LogP contribution is 2.18. The highest BCUT2D eigenvalue weighted by atomic mass is 16.5. The molecule has 0 radical (unpaired) electrons. The van der Waals surface area contributed by atoms with E-state index in [4.69, 9.17) is 4.74 Å². The molecule has 0 saturated carbocycles. The normalized spacial score (nSPS) is 23.7. The van der Waals surface area contributed by atoms with Gasteiger partial charge in [-0.25, -0.2) is 9.67 Å². The van der Waals surface area contributed by atoms with Gasteiger partial charge in [-0.2, -0.15) is 5.10 Å². The Labute approximate surface area is 162 Å². The SMILES string of the molecule is CN=C(NC[C@H]1CCCN1CC(C)C)NC1CCc2nc(COC)nn2C1. The topological polar surface area (TPSA) is 79.6 Å². The minimum atomic E-state index is 0.316. The van der Waals surface area contributed by atoms with Crippen LogP contribution in [0.2, 0.25) is 0 Å². The summed E-state index contributed by atoms with van der Waals surface area (Å²) in [6.45, 7) is 9.22. The van der Waals surface area contributed by atoms with E-state index >= 15 is 0 Å². The minimum Gasteiger partial charge on any atom is -0.377 e. The first-order valence-corrected chi connectivity index (χ1v) is 10.2. The number of aromatic nitrogens is 3. The number of methoxy groups -OCH3 is 1. The van der Waals surface area contributed by atoms with E-state index in [1.165, 1.54) is 25.9 Å². The van der Waals surface area contributed by atoms with Gasteiger partial charge in [0.2, 0.25) is 0 Å². The Balaban J connectivity index is 1.49. The lowest BCUT2D eigenvalue weighted by Crippen LogP contribution is -2.50. The van der Waals surface area contributed by atoms with Crippen LogP contribution >= 0.6 is 0 Å². The Kier molecular flexibility index (Phi) is 7.07. The summed E-state index contributed by atoms with van der Waals surface area (Å²) in [4.78, 5) is 11.6. The molecule has 0 bridgehead atoms. The number of likely N-dealkylation sites (tertiary alicyclic amines) is 1. The van der Waals surface area contributed by atoms with Crippen LogP contribution in [0.1, 0.15) is 44.8 Å². The lowest BCUT2D eigenvalue weighted by molar-refractivity contribution is 0.177. The Bertz CT molecular complexity index is 628. The molecule has 0 amide bonds. The highest BCUT2D eigenvalue weighted by Gasteiger charge is 2.26. The number of nitrogens with one attached hydrogen (secondary N) is 2. The first-order valence-electron chi connectivity index (χ1n) is 10.2. The average Bonchev–Trinajstić information content (AvgIpc) is 3.24. The lowest BCUT2D eigenvalue weighted by atomic mass is 10.1. The molecule has 2 aliphatic heterocycles. The fourth-order valence-electron chi connectivity index (χ4n) is 4.11. The first kappa shape index (κ1) is 20.1. The molecule has 1 aromatic rings. The minimum absolute atomic E-state index is 0.316. The molecule has 3 heterocycles. The number of aryl methyl sites for hydroxylation is 1. The van der Waals surface area contributed by atoms with E-state index < -0.39 is 0 Å². The van der Waals surface area contributed by atoms with Gasteiger partial charge in [-0.3, -0.25) is 9.89 Å². The summed E-state index contributed by atoms with van der Waals surface area (Å²) < 4.78 is 7.14. The summed E-state index contributed by atoms with van der Waals surface area (Å²) in [6.07, 6.45) is 4.53. The van der Waals surface area contributed by atoms with Gasteiger partial charge in [0.25, 0.3) is 0 Å². The zero-order valence-electron chi connectivity index (χ0n) is 17.2. The molecule has 8 nitrogen and oxygen atoms in total. The second kappa shape index (κ2) is 9.50. The largest absolute Gasteiger partial charge is 0.377 e. The zero-order valence-corrected chi connectivity index (χ0v) is 17.2. The van der Waals surface area contributed by atoms with Crippen molar-refractivity contribution in [2.24, 2.45) is 10.9 Å². The standard InChI is InChI=1S/C19H35N7O/c1-14(2)11-25-9-5-6-16(25)10-21-19(20-3)22-15-7-8-18-23-17(13-27-4)24-26(18)12-15/h14-16H,5-13H2,1-4H3,(H2,20,21,22)/t15?,16-/m1/s1. The van der Waals surface area contributed by atoms with Crippen molar-refractivity contribution in [3.05, 3.63) is 11.6 Å². The van der Waals surface area contributed by atoms with Crippen molar-refractivity contribution in [1.29, 1.82) is 0 Å². The molecule has 2 atom stereocenters. The summed E-state index contributed by atoms with van der Waals surface area (Å²) >= 11 is 0. The van der Waals surface area contributed by atoms with Crippen LogP contribution < -0.4 is 10.6 Å². The van der Waals surface area contributed by atoms with Crippen molar-refractivity contribution in [3.63, 3.8) is 0 Å². The van der Waals surface area contributed by atoms with Crippen LogP contribution in [-0.2, 0) is 24.3 Å². The Morgan fingerprint density at radius 2 is 2.22 bits per heavy atom. The van der Waals surface area contributed by atoms with Crippen molar-refractivity contribution in [1.82, 2.24) is 30.3 Å². The molecule has 0 aliphatic carbocycles. The number of hydrogen-bond donors (Lipinski definition) is 2. The predicted molar refractivity (Wildman–Crippen MR) is 107 cm³/mol. The first-order chi connectivity index (χ1) is 13.1. The summed E-state index contributed by atoms with van der Waals surface area (Å²) in [6, 6.07) is 0.923. The van der Waals surface area contributed by atoms with Crippen molar-refractivity contribution >= 4 is 5.96 Å². The maximum atomic E-state index is 5.14. The average molecular weight is 378 g/mol. The van der Waals surface area contributed by atoms with E-state index in [9.17, 15) is 0 Å². The van der Waals surface area contributed by atoms with Crippen LogP contribution in [0.4, 0.5) is 0 Å². The van der Waals surface area contributed by atoms with Gasteiger partial charge in [0, 0.05) is 45.8 Å². The maximum Gasteiger partial charge on any atom is 0.191 e. The maximum absolute atomic E-state index is 5.14. The van der Waals surface area contributed by atoms with E-state index in [2.05, 4.69) is 44.5 Å². The van der Waals surface area contributed by atoms with E-state index in [0.29, 0.717) is 24.6 Å². The molecule has 8 heteroatoms. The van der Waals surface area contributed by atoms with E-state index in [0.717, 1.165) is 43.5 Å². The number of ether oxygens (including phenoxy) is 1. The van der Waals surface area contributed by atoms with Gasteiger partial charge >= 0.3 is 0 Å². The van der Waals surface area contributed by atoms with Crippen LogP contribution in [-0.4, -0.2) is 71.5 Å². The molecular formula is C19H35N7O. The van der Waals surface area contributed by atoms with Crippen molar-refractivity contribution < 1.29 is 4.74 Å². The fourth-order valence-corrected chi connectivity index (χ4v) is 4.11. The Morgan fingerprint density at radius 3 is 2.96 bits per heavy atom. The van der Waals surface area contributed by atoms with Crippen LogP contribution in [0.5, 0.6) is 0 Å². The second-order valence-electron chi connectivity index (χ2n) is 8.08. The predicted octanol–water partition coefficient (Wildman–Crippen LogP) is 1.02. The molecule has 1 aromatic heterocycles. The third kappa shape index (κ3) is 5.42. The van der Waals surface area contributed by atoms with Crippen molar-refractivity contribution in [2.45, 2.75) is 64.8 Å².